The number of rotatable bonds is 6. The van der Waals surface area contributed by atoms with Crippen molar-refractivity contribution < 1.29 is 27.3 Å². The van der Waals surface area contributed by atoms with E-state index in [1.165, 1.54) is 11.8 Å². The lowest BCUT2D eigenvalue weighted by Crippen LogP contribution is -2.40. The van der Waals surface area contributed by atoms with Gasteiger partial charge in [0, 0.05) is 6.54 Å². The van der Waals surface area contributed by atoms with Crippen molar-refractivity contribution in [3.05, 3.63) is 24.4 Å². The van der Waals surface area contributed by atoms with Crippen molar-refractivity contribution in [2.24, 2.45) is 0 Å². The molecule has 1 unspecified atom stereocenters. The standard InChI is InChI=1S/C12H15F3N4O3/c1-4-9(21)19(5-2)6-8(20)16-7(3)10-17-11(18-22-10)12(13,14)15/h4,7H,1,5-6H2,2-3H3,(H,16,20). The largest absolute Gasteiger partial charge is 0.455 e. The molecule has 0 aliphatic carbocycles. The zero-order chi connectivity index (χ0) is 16.9. The van der Waals surface area contributed by atoms with Gasteiger partial charge in [-0.05, 0) is 19.9 Å². The first-order chi connectivity index (χ1) is 10.2. The molecule has 2 amide bonds. The molecule has 0 spiro atoms. The van der Waals surface area contributed by atoms with Crippen LogP contribution >= 0.6 is 0 Å². The number of alkyl halides is 3. The van der Waals surface area contributed by atoms with Crippen LogP contribution in [0.25, 0.3) is 0 Å². The van der Waals surface area contributed by atoms with Crippen LogP contribution in [0.3, 0.4) is 0 Å². The minimum absolute atomic E-state index is 0.258. The maximum absolute atomic E-state index is 12.3. The highest BCUT2D eigenvalue weighted by atomic mass is 19.4. The third-order valence-corrected chi connectivity index (χ3v) is 2.65. The maximum atomic E-state index is 12.3. The zero-order valence-electron chi connectivity index (χ0n) is 12.0. The average molecular weight is 320 g/mol. The molecule has 0 saturated carbocycles. The number of likely N-dealkylation sites (N-methyl/N-ethyl adjacent to an activating group) is 1. The minimum Gasteiger partial charge on any atom is -0.343 e. The Kier molecular flexibility index (Phi) is 5.66. The van der Waals surface area contributed by atoms with Gasteiger partial charge >= 0.3 is 6.18 Å². The second kappa shape index (κ2) is 7.05. The van der Waals surface area contributed by atoms with Gasteiger partial charge in [-0.3, -0.25) is 9.59 Å². The average Bonchev–Trinajstić information content (AvgIpc) is 2.93. The lowest BCUT2D eigenvalue weighted by molar-refractivity contribution is -0.146. The molecular weight excluding hydrogens is 305 g/mol. The molecule has 0 aromatic carbocycles. The molecule has 0 radical (unpaired) electrons. The van der Waals surface area contributed by atoms with Crippen LogP contribution in [0.2, 0.25) is 0 Å². The van der Waals surface area contributed by atoms with Crippen molar-refractivity contribution in [1.82, 2.24) is 20.4 Å². The molecule has 1 rings (SSSR count). The number of carbonyl (C=O) groups excluding carboxylic acids is 2. The van der Waals surface area contributed by atoms with E-state index in [1.807, 2.05) is 0 Å². The predicted octanol–water partition coefficient (Wildman–Crippen LogP) is 1.30. The fourth-order valence-corrected chi connectivity index (χ4v) is 1.52. The number of nitrogens with zero attached hydrogens (tertiary/aromatic N) is 3. The first kappa shape index (κ1) is 17.7. The summed E-state index contributed by atoms with van der Waals surface area (Å²) >= 11 is 0. The molecule has 1 N–H and O–H groups in total. The highest BCUT2D eigenvalue weighted by molar-refractivity contribution is 5.90. The normalized spacial score (nSPS) is 12.6. The van der Waals surface area contributed by atoms with Crippen LogP contribution in [0, 0.1) is 0 Å². The van der Waals surface area contributed by atoms with Crippen molar-refractivity contribution in [3.63, 3.8) is 0 Å². The number of aromatic nitrogens is 2. The summed E-state index contributed by atoms with van der Waals surface area (Å²) in [5.41, 5.74) is 0. The number of halogens is 3. The first-order valence-corrected chi connectivity index (χ1v) is 6.30. The molecule has 7 nitrogen and oxygen atoms in total. The fourth-order valence-electron chi connectivity index (χ4n) is 1.52. The van der Waals surface area contributed by atoms with E-state index in [0.717, 1.165) is 6.08 Å². The van der Waals surface area contributed by atoms with Gasteiger partial charge in [0.15, 0.2) is 0 Å². The number of nitrogens with one attached hydrogen (secondary N) is 1. The predicted molar refractivity (Wildman–Crippen MR) is 68.3 cm³/mol. The lowest BCUT2D eigenvalue weighted by atomic mass is 10.3. The number of carbonyl (C=O) groups is 2. The monoisotopic (exact) mass is 320 g/mol. The molecule has 1 atom stereocenters. The van der Waals surface area contributed by atoms with Crippen LogP contribution in [0.5, 0.6) is 0 Å². The van der Waals surface area contributed by atoms with Crippen LogP contribution in [0.15, 0.2) is 17.2 Å². The van der Waals surface area contributed by atoms with Gasteiger partial charge in [-0.25, -0.2) is 0 Å². The van der Waals surface area contributed by atoms with Crippen LogP contribution < -0.4 is 5.32 Å². The summed E-state index contributed by atoms with van der Waals surface area (Å²) < 4.78 is 41.5. The van der Waals surface area contributed by atoms with Crippen molar-refractivity contribution in [3.8, 4) is 0 Å². The molecule has 0 fully saturated rings. The Morgan fingerprint density at radius 3 is 2.59 bits per heavy atom. The Bertz CT molecular complexity index is 556. The molecule has 1 aromatic rings. The van der Waals surface area contributed by atoms with E-state index >= 15 is 0 Å². The van der Waals surface area contributed by atoms with Crippen molar-refractivity contribution >= 4 is 11.8 Å². The summed E-state index contributed by atoms with van der Waals surface area (Å²) in [5.74, 6) is -2.79. The van der Waals surface area contributed by atoms with E-state index in [9.17, 15) is 22.8 Å². The smallest absolute Gasteiger partial charge is 0.343 e. The first-order valence-electron chi connectivity index (χ1n) is 6.30. The summed E-state index contributed by atoms with van der Waals surface area (Å²) in [7, 11) is 0. The van der Waals surface area contributed by atoms with Crippen LogP contribution in [-0.4, -0.2) is 39.9 Å². The quantitative estimate of drug-likeness (QED) is 0.798. The third-order valence-electron chi connectivity index (χ3n) is 2.65. The van der Waals surface area contributed by atoms with E-state index < -0.39 is 29.9 Å². The van der Waals surface area contributed by atoms with E-state index in [1.54, 1.807) is 6.92 Å². The van der Waals surface area contributed by atoms with E-state index in [4.69, 9.17) is 0 Å². The summed E-state index contributed by atoms with van der Waals surface area (Å²) in [6, 6.07) is -0.923. The van der Waals surface area contributed by atoms with Gasteiger partial charge in [0.05, 0.1) is 6.54 Å². The lowest BCUT2D eigenvalue weighted by Gasteiger charge is -2.19. The number of hydrogen-bond acceptors (Lipinski definition) is 5. The second-order valence-electron chi connectivity index (χ2n) is 4.30. The Morgan fingerprint density at radius 2 is 2.14 bits per heavy atom. The topological polar surface area (TPSA) is 88.3 Å². The molecule has 1 aromatic heterocycles. The van der Waals surface area contributed by atoms with Crippen molar-refractivity contribution in [2.75, 3.05) is 13.1 Å². The number of amides is 2. The summed E-state index contributed by atoms with van der Waals surface area (Å²) in [6.07, 6.45) is -3.66. The summed E-state index contributed by atoms with van der Waals surface area (Å²) in [4.78, 5) is 27.6. The molecule has 22 heavy (non-hydrogen) atoms. The molecule has 0 aliphatic heterocycles. The maximum Gasteiger partial charge on any atom is 0.455 e. The van der Waals surface area contributed by atoms with E-state index in [2.05, 4.69) is 26.6 Å². The van der Waals surface area contributed by atoms with Gasteiger partial charge in [0.25, 0.3) is 5.82 Å². The van der Waals surface area contributed by atoms with Gasteiger partial charge < -0.3 is 14.7 Å². The molecule has 0 aliphatic rings. The van der Waals surface area contributed by atoms with Crippen LogP contribution in [-0.2, 0) is 15.8 Å². The van der Waals surface area contributed by atoms with Gasteiger partial charge in [-0.15, -0.1) is 0 Å². The molecular formula is C12H15F3N4O3. The Balaban J connectivity index is 2.66. The Labute approximate surface area is 124 Å². The van der Waals surface area contributed by atoms with Gasteiger partial charge in [-0.1, -0.05) is 11.7 Å². The zero-order valence-corrected chi connectivity index (χ0v) is 12.0. The fraction of sp³-hybridized carbons (Fsp3) is 0.500. The second-order valence-corrected chi connectivity index (χ2v) is 4.30. The van der Waals surface area contributed by atoms with Gasteiger partial charge in [0.1, 0.15) is 6.04 Å². The molecule has 0 bridgehead atoms. The molecule has 10 heteroatoms. The van der Waals surface area contributed by atoms with Crippen molar-refractivity contribution in [2.45, 2.75) is 26.1 Å². The molecule has 0 saturated heterocycles. The van der Waals surface area contributed by atoms with Crippen LogP contribution in [0.4, 0.5) is 13.2 Å². The van der Waals surface area contributed by atoms with Gasteiger partial charge in [-0.2, -0.15) is 18.2 Å². The highest BCUT2D eigenvalue weighted by Gasteiger charge is 2.37. The van der Waals surface area contributed by atoms with E-state index in [0.29, 0.717) is 0 Å². The minimum atomic E-state index is -4.72. The molecule has 1 heterocycles. The van der Waals surface area contributed by atoms with Crippen molar-refractivity contribution in [1.29, 1.82) is 0 Å². The summed E-state index contributed by atoms with van der Waals surface area (Å²) in [5, 5.41) is 5.17. The Morgan fingerprint density at radius 1 is 1.50 bits per heavy atom. The third kappa shape index (κ3) is 4.57. The molecule has 122 valence electrons. The Hall–Kier alpha value is -2.39. The highest BCUT2D eigenvalue weighted by Crippen LogP contribution is 2.27. The van der Waals surface area contributed by atoms with E-state index in [-0.39, 0.29) is 19.0 Å². The summed E-state index contributed by atoms with van der Waals surface area (Å²) in [6.45, 7) is 6.39. The van der Waals surface area contributed by atoms with Gasteiger partial charge in [0.2, 0.25) is 17.7 Å². The van der Waals surface area contributed by atoms with Crippen LogP contribution in [0.1, 0.15) is 31.6 Å². The SMILES string of the molecule is C=CC(=O)N(CC)CC(=O)NC(C)c1nc(C(F)(F)F)no1. The number of hydrogen-bond donors (Lipinski definition) is 1.